The highest BCUT2D eigenvalue weighted by molar-refractivity contribution is 5.96. The summed E-state index contributed by atoms with van der Waals surface area (Å²) in [6, 6.07) is 4.89. The lowest BCUT2D eigenvalue weighted by atomic mass is 9.97. The predicted octanol–water partition coefficient (Wildman–Crippen LogP) is 3.68. The molecule has 5 amide bonds. The number of piperidine rings is 1. The first-order chi connectivity index (χ1) is 23.5. The Morgan fingerprint density at radius 3 is 2.06 bits per heavy atom. The largest absolute Gasteiger partial charge is 0.466 e. The molecule has 1 saturated heterocycles. The maximum absolute atomic E-state index is 14.4. The zero-order valence-corrected chi connectivity index (χ0v) is 31.5. The van der Waals surface area contributed by atoms with E-state index in [1.165, 1.54) is 30.8 Å². The summed E-state index contributed by atoms with van der Waals surface area (Å²) >= 11 is 0. The fourth-order valence-electron chi connectivity index (χ4n) is 5.88. The lowest BCUT2D eigenvalue weighted by Gasteiger charge is -2.37. The molecule has 1 heterocycles. The fraction of sp³-hybridized carbons (Fsp3) is 0.676. The number of alkyl carbamates (subject to hydrolysis) is 1. The van der Waals surface area contributed by atoms with Crippen LogP contribution in [0.2, 0.25) is 0 Å². The second-order valence-corrected chi connectivity index (χ2v) is 14.4. The zero-order chi connectivity index (χ0) is 37.6. The minimum absolute atomic E-state index is 0.136. The van der Waals surface area contributed by atoms with Crippen LogP contribution in [-0.2, 0) is 39.9 Å². The number of nitrogens with zero attached hydrogens (tertiary/aromatic N) is 3. The number of unbranched alkanes of at least 4 members (excludes halogenated alkanes) is 1. The van der Waals surface area contributed by atoms with Crippen molar-refractivity contribution < 1.29 is 38.2 Å². The molecule has 4 atom stereocenters. The number of nitrogens with one attached hydrogen (secondary N) is 2. The lowest BCUT2D eigenvalue weighted by molar-refractivity contribution is -0.151. The van der Waals surface area contributed by atoms with Crippen LogP contribution in [0.25, 0.3) is 0 Å². The Morgan fingerprint density at radius 2 is 1.50 bits per heavy atom. The number of benzene rings is 1. The van der Waals surface area contributed by atoms with Crippen molar-refractivity contribution in [2.75, 3.05) is 33.8 Å². The van der Waals surface area contributed by atoms with E-state index in [1.54, 1.807) is 39.5 Å². The minimum Gasteiger partial charge on any atom is -0.466 e. The SMILES string of the molecule is CCCCOC(=O)C[C@H](NC(=O)[C@H](C(C)C)N(C)C(=O)[C@H](Cc1ccccc1)N(C)C(=O)[C@H](C)NC(=O)OC(C)(C)C)C(=O)N1CCCCC1. The third kappa shape index (κ3) is 13.3. The van der Waals surface area contributed by atoms with Crippen LogP contribution in [0, 0.1) is 5.92 Å². The first-order valence-corrected chi connectivity index (χ1v) is 17.8. The first kappa shape index (κ1) is 42.0. The van der Waals surface area contributed by atoms with E-state index < -0.39 is 65.5 Å². The highest BCUT2D eigenvalue weighted by Crippen LogP contribution is 2.19. The molecule has 0 unspecified atom stereocenters. The van der Waals surface area contributed by atoms with Crippen molar-refractivity contribution in [3.63, 3.8) is 0 Å². The molecule has 0 spiro atoms. The highest BCUT2D eigenvalue weighted by atomic mass is 16.6. The Bertz CT molecular complexity index is 1290. The van der Waals surface area contributed by atoms with Crippen LogP contribution in [0.1, 0.15) is 92.6 Å². The minimum atomic E-state index is -1.16. The van der Waals surface area contributed by atoms with Crippen molar-refractivity contribution in [1.82, 2.24) is 25.3 Å². The van der Waals surface area contributed by atoms with Gasteiger partial charge in [-0.1, -0.05) is 57.5 Å². The van der Waals surface area contributed by atoms with E-state index in [1.807, 2.05) is 37.3 Å². The van der Waals surface area contributed by atoms with E-state index in [0.717, 1.165) is 31.2 Å². The molecule has 13 heteroatoms. The van der Waals surface area contributed by atoms with Crippen molar-refractivity contribution in [1.29, 1.82) is 0 Å². The van der Waals surface area contributed by atoms with Crippen LogP contribution >= 0.6 is 0 Å². The Labute approximate surface area is 297 Å². The molecular formula is C37H59N5O8. The summed E-state index contributed by atoms with van der Waals surface area (Å²) < 4.78 is 10.6. The smallest absolute Gasteiger partial charge is 0.408 e. The van der Waals surface area contributed by atoms with Crippen LogP contribution in [0.3, 0.4) is 0 Å². The molecule has 1 aromatic carbocycles. The molecule has 0 bridgehead atoms. The first-order valence-electron chi connectivity index (χ1n) is 17.8. The van der Waals surface area contributed by atoms with Crippen molar-refractivity contribution in [3.8, 4) is 0 Å². The van der Waals surface area contributed by atoms with Gasteiger partial charge in [-0.3, -0.25) is 24.0 Å². The van der Waals surface area contributed by atoms with E-state index in [2.05, 4.69) is 10.6 Å². The molecule has 1 fully saturated rings. The van der Waals surface area contributed by atoms with Gasteiger partial charge in [0.2, 0.25) is 23.6 Å². The van der Waals surface area contributed by atoms with Gasteiger partial charge in [0.15, 0.2) is 0 Å². The summed E-state index contributed by atoms with van der Waals surface area (Å²) in [5.41, 5.74) is 0.0120. The maximum Gasteiger partial charge on any atom is 0.408 e. The molecule has 0 radical (unpaired) electrons. The summed E-state index contributed by atoms with van der Waals surface area (Å²) in [7, 11) is 2.97. The molecule has 50 heavy (non-hydrogen) atoms. The number of esters is 1. The average Bonchev–Trinajstić information content (AvgIpc) is 3.05. The third-order valence-electron chi connectivity index (χ3n) is 8.55. The van der Waals surface area contributed by atoms with Gasteiger partial charge in [-0.2, -0.15) is 0 Å². The van der Waals surface area contributed by atoms with Gasteiger partial charge < -0.3 is 34.8 Å². The van der Waals surface area contributed by atoms with E-state index >= 15 is 0 Å². The molecular weight excluding hydrogens is 642 g/mol. The molecule has 1 aliphatic rings. The number of carbonyl (C=O) groups excluding carboxylic acids is 6. The number of ether oxygens (including phenoxy) is 2. The molecule has 1 aliphatic heterocycles. The van der Waals surface area contributed by atoms with Gasteiger partial charge >= 0.3 is 12.1 Å². The van der Waals surface area contributed by atoms with Gasteiger partial charge in [0, 0.05) is 33.6 Å². The average molecular weight is 702 g/mol. The van der Waals surface area contributed by atoms with Crippen LogP contribution < -0.4 is 10.6 Å². The van der Waals surface area contributed by atoms with Crippen molar-refractivity contribution in [2.24, 2.45) is 5.92 Å². The van der Waals surface area contributed by atoms with E-state index in [9.17, 15) is 28.8 Å². The molecule has 280 valence electrons. The standard InChI is InChI=1S/C37H59N5O8/c1-10-11-22-49-30(43)24-28(34(46)42-20-16-13-17-21-42)39-32(44)31(25(2)3)41(9)35(47)29(23-27-18-14-12-15-19-27)40(8)33(45)26(4)38-36(48)50-37(5,6)7/h12,14-15,18-19,25-26,28-29,31H,10-11,13,16-17,20-24H2,1-9H3,(H,38,48)(H,39,44)/t26-,28-,29-,31-/m0/s1. The maximum atomic E-state index is 14.4. The normalized spacial score (nSPS) is 15.6. The van der Waals surface area contributed by atoms with Gasteiger partial charge in [0.1, 0.15) is 29.8 Å². The van der Waals surface area contributed by atoms with Gasteiger partial charge in [0.25, 0.3) is 0 Å². The second kappa shape index (κ2) is 19.9. The number of hydrogen-bond acceptors (Lipinski definition) is 8. The molecule has 2 N–H and O–H groups in total. The van der Waals surface area contributed by atoms with Crippen molar-refractivity contribution >= 4 is 35.7 Å². The predicted molar refractivity (Wildman–Crippen MR) is 190 cm³/mol. The summed E-state index contributed by atoms with van der Waals surface area (Å²) in [5.74, 6) is -2.99. The molecule has 0 aliphatic carbocycles. The molecule has 0 saturated carbocycles. The molecule has 1 aromatic rings. The van der Waals surface area contributed by atoms with E-state index in [-0.39, 0.29) is 25.4 Å². The Hall–Kier alpha value is -4.16. The number of likely N-dealkylation sites (tertiary alicyclic amines) is 1. The van der Waals surface area contributed by atoms with Crippen LogP contribution in [0.4, 0.5) is 4.79 Å². The second-order valence-electron chi connectivity index (χ2n) is 14.4. The molecule has 2 rings (SSSR count). The number of carbonyl (C=O) groups is 6. The Kier molecular flexibility index (Phi) is 16.7. The van der Waals surface area contributed by atoms with Crippen LogP contribution in [-0.4, -0.2) is 114 Å². The number of likely N-dealkylation sites (N-methyl/N-ethyl adjacent to an activating group) is 2. The van der Waals surface area contributed by atoms with E-state index in [0.29, 0.717) is 19.5 Å². The van der Waals surface area contributed by atoms with Gasteiger partial charge in [-0.25, -0.2) is 4.79 Å². The van der Waals surface area contributed by atoms with Crippen LogP contribution in [0.15, 0.2) is 30.3 Å². The zero-order valence-electron chi connectivity index (χ0n) is 31.5. The summed E-state index contributed by atoms with van der Waals surface area (Å²) in [6.07, 6.45) is 3.22. The van der Waals surface area contributed by atoms with Gasteiger partial charge in [0.05, 0.1) is 13.0 Å². The van der Waals surface area contributed by atoms with Gasteiger partial charge in [-0.05, 0) is 64.9 Å². The quantitative estimate of drug-likeness (QED) is 0.196. The van der Waals surface area contributed by atoms with Crippen molar-refractivity contribution in [2.45, 2.75) is 123 Å². The number of hydrogen-bond donors (Lipinski definition) is 2. The Morgan fingerprint density at radius 1 is 0.880 bits per heavy atom. The Balaban J connectivity index is 2.36. The molecule has 0 aromatic heterocycles. The molecule has 13 nitrogen and oxygen atoms in total. The van der Waals surface area contributed by atoms with Crippen molar-refractivity contribution in [3.05, 3.63) is 35.9 Å². The number of amides is 5. The summed E-state index contributed by atoms with van der Waals surface area (Å²) in [6.45, 7) is 13.5. The van der Waals surface area contributed by atoms with E-state index in [4.69, 9.17) is 9.47 Å². The third-order valence-corrected chi connectivity index (χ3v) is 8.55. The highest BCUT2D eigenvalue weighted by Gasteiger charge is 2.39. The summed E-state index contributed by atoms with van der Waals surface area (Å²) in [4.78, 5) is 85.1. The lowest BCUT2D eigenvalue weighted by Crippen LogP contribution is -2.60. The number of rotatable bonds is 16. The summed E-state index contributed by atoms with van der Waals surface area (Å²) in [5, 5.41) is 5.32. The van der Waals surface area contributed by atoms with Crippen LogP contribution in [0.5, 0.6) is 0 Å². The topological polar surface area (TPSA) is 155 Å². The fourth-order valence-corrected chi connectivity index (χ4v) is 5.88. The monoisotopic (exact) mass is 701 g/mol. The van der Waals surface area contributed by atoms with Gasteiger partial charge in [-0.15, -0.1) is 0 Å².